The van der Waals surface area contributed by atoms with Gasteiger partial charge in [0, 0.05) is 24.4 Å². The lowest BCUT2D eigenvalue weighted by molar-refractivity contribution is 0.259. The van der Waals surface area contributed by atoms with Gasteiger partial charge >= 0.3 is 0 Å². The second-order valence-corrected chi connectivity index (χ2v) is 4.19. The van der Waals surface area contributed by atoms with Gasteiger partial charge in [-0.15, -0.1) is 0 Å². The summed E-state index contributed by atoms with van der Waals surface area (Å²) in [7, 11) is 0. The molecule has 1 amide bonds. The number of thiol groups is 1. The van der Waals surface area contributed by atoms with Crippen LogP contribution in [0.4, 0.5) is 4.79 Å². The molecule has 1 rings (SSSR count). The van der Waals surface area contributed by atoms with Crippen molar-refractivity contribution in [2.75, 3.05) is 6.54 Å². The average Bonchev–Trinajstić information content (AvgIpc) is 2.16. The SMILES string of the molecule is CC(C)(CNC(=O)S)c1cccnc1. The third-order valence-electron chi connectivity index (χ3n) is 2.12. The van der Waals surface area contributed by atoms with E-state index < -0.39 is 0 Å². The predicted octanol–water partition coefficient (Wildman–Crippen LogP) is 2.00. The molecule has 76 valence electrons. The van der Waals surface area contributed by atoms with Crippen molar-refractivity contribution in [2.45, 2.75) is 19.3 Å². The molecule has 0 aliphatic heterocycles. The number of aromatic nitrogens is 1. The Morgan fingerprint density at radius 1 is 1.64 bits per heavy atom. The van der Waals surface area contributed by atoms with E-state index >= 15 is 0 Å². The van der Waals surface area contributed by atoms with E-state index in [4.69, 9.17) is 0 Å². The minimum atomic E-state index is -0.304. The molecule has 0 unspecified atom stereocenters. The molecule has 0 fully saturated rings. The first kappa shape index (κ1) is 11.0. The fraction of sp³-hybridized carbons (Fsp3) is 0.400. The van der Waals surface area contributed by atoms with Gasteiger partial charge in [0.25, 0.3) is 5.24 Å². The Balaban J connectivity index is 2.70. The fourth-order valence-electron chi connectivity index (χ4n) is 1.16. The van der Waals surface area contributed by atoms with Gasteiger partial charge in [-0.1, -0.05) is 32.5 Å². The van der Waals surface area contributed by atoms with Crippen molar-refractivity contribution >= 4 is 17.9 Å². The first-order valence-corrected chi connectivity index (χ1v) is 4.84. The molecule has 1 aromatic rings. The standard InChI is InChI=1S/C10H14N2OS/c1-10(2,7-12-9(13)14)8-4-3-5-11-6-8/h3-6H,7H2,1-2H3,(H2,12,13,14). The first-order chi connectivity index (χ1) is 6.52. The number of hydrogen-bond acceptors (Lipinski definition) is 2. The van der Waals surface area contributed by atoms with Gasteiger partial charge in [-0.25, -0.2) is 0 Å². The largest absolute Gasteiger partial charge is 0.346 e. The van der Waals surface area contributed by atoms with Crippen molar-refractivity contribution in [2.24, 2.45) is 0 Å². The minimum Gasteiger partial charge on any atom is -0.346 e. The van der Waals surface area contributed by atoms with Gasteiger partial charge in [0.05, 0.1) is 0 Å². The highest BCUT2D eigenvalue weighted by molar-refractivity contribution is 7.96. The fourth-order valence-corrected chi connectivity index (χ4v) is 1.24. The number of pyridine rings is 1. The average molecular weight is 210 g/mol. The number of hydrogen-bond donors (Lipinski definition) is 2. The molecule has 0 atom stereocenters. The van der Waals surface area contributed by atoms with Gasteiger partial charge in [-0.05, 0) is 11.6 Å². The smallest absolute Gasteiger partial charge is 0.276 e. The number of carbonyl (C=O) groups is 1. The highest BCUT2D eigenvalue weighted by Gasteiger charge is 2.20. The summed E-state index contributed by atoms with van der Waals surface area (Å²) in [5.41, 5.74) is 0.981. The molecule has 0 bridgehead atoms. The van der Waals surface area contributed by atoms with Crippen molar-refractivity contribution in [1.82, 2.24) is 10.3 Å². The van der Waals surface area contributed by atoms with Gasteiger partial charge in [0.1, 0.15) is 0 Å². The molecule has 0 radical (unpaired) electrons. The van der Waals surface area contributed by atoms with Crippen molar-refractivity contribution in [3.63, 3.8) is 0 Å². The van der Waals surface area contributed by atoms with E-state index in [-0.39, 0.29) is 10.7 Å². The lowest BCUT2D eigenvalue weighted by Gasteiger charge is -2.24. The third kappa shape index (κ3) is 3.03. The van der Waals surface area contributed by atoms with Crippen LogP contribution in [-0.4, -0.2) is 16.8 Å². The van der Waals surface area contributed by atoms with Gasteiger partial charge in [0.15, 0.2) is 0 Å². The van der Waals surface area contributed by atoms with Crippen LogP contribution in [-0.2, 0) is 5.41 Å². The monoisotopic (exact) mass is 210 g/mol. The molecular weight excluding hydrogens is 196 g/mol. The summed E-state index contributed by atoms with van der Waals surface area (Å²) in [6.45, 7) is 4.66. The summed E-state index contributed by atoms with van der Waals surface area (Å²) >= 11 is 3.66. The van der Waals surface area contributed by atoms with Crippen LogP contribution in [0.2, 0.25) is 0 Å². The molecular formula is C10H14N2OS. The van der Waals surface area contributed by atoms with Crippen LogP contribution in [0.1, 0.15) is 19.4 Å². The number of nitrogens with one attached hydrogen (secondary N) is 1. The molecule has 1 heterocycles. The molecule has 1 N–H and O–H groups in total. The normalized spacial score (nSPS) is 11.1. The van der Waals surface area contributed by atoms with E-state index in [0.29, 0.717) is 6.54 Å². The maximum Gasteiger partial charge on any atom is 0.276 e. The van der Waals surface area contributed by atoms with Crippen LogP contribution in [0.5, 0.6) is 0 Å². The van der Waals surface area contributed by atoms with E-state index in [9.17, 15) is 4.79 Å². The van der Waals surface area contributed by atoms with Gasteiger partial charge in [-0.2, -0.15) is 0 Å². The van der Waals surface area contributed by atoms with E-state index in [1.807, 2.05) is 32.2 Å². The molecule has 0 saturated heterocycles. The van der Waals surface area contributed by atoms with Crippen LogP contribution in [0.25, 0.3) is 0 Å². The van der Waals surface area contributed by atoms with E-state index in [1.54, 1.807) is 6.20 Å². The topological polar surface area (TPSA) is 42.0 Å². The Hall–Kier alpha value is -1.03. The molecule has 3 nitrogen and oxygen atoms in total. The Morgan fingerprint density at radius 3 is 2.86 bits per heavy atom. The van der Waals surface area contributed by atoms with E-state index in [1.165, 1.54) is 0 Å². The number of nitrogens with zero attached hydrogens (tertiary/aromatic N) is 1. The lowest BCUT2D eigenvalue weighted by Crippen LogP contribution is -2.34. The molecule has 0 spiro atoms. The molecule has 1 aromatic heterocycles. The summed E-state index contributed by atoms with van der Waals surface area (Å²) in [5.74, 6) is 0. The molecule has 0 aliphatic carbocycles. The Bertz CT molecular complexity index is 311. The zero-order chi connectivity index (χ0) is 10.6. The van der Waals surface area contributed by atoms with Crippen LogP contribution in [0.15, 0.2) is 24.5 Å². The summed E-state index contributed by atoms with van der Waals surface area (Å²) in [6, 6.07) is 3.89. The van der Waals surface area contributed by atoms with Gasteiger partial charge < -0.3 is 5.32 Å². The Kier molecular flexibility index (Phi) is 3.52. The predicted molar refractivity (Wildman–Crippen MR) is 59.6 cm³/mol. The summed E-state index contributed by atoms with van der Waals surface area (Å²) in [4.78, 5) is 14.7. The Labute approximate surface area is 89.3 Å². The van der Waals surface area contributed by atoms with Crippen molar-refractivity contribution in [3.8, 4) is 0 Å². The van der Waals surface area contributed by atoms with Gasteiger partial charge in [-0.3, -0.25) is 9.78 Å². The first-order valence-electron chi connectivity index (χ1n) is 4.40. The van der Waals surface area contributed by atoms with Crippen LogP contribution in [0.3, 0.4) is 0 Å². The maximum absolute atomic E-state index is 10.7. The highest BCUT2D eigenvalue weighted by atomic mass is 32.1. The molecule has 0 aromatic carbocycles. The molecule has 0 aliphatic rings. The van der Waals surface area contributed by atoms with Crippen LogP contribution in [0, 0.1) is 0 Å². The van der Waals surface area contributed by atoms with Crippen molar-refractivity contribution in [3.05, 3.63) is 30.1 Å². The number of carbonyl (C=O) groups excluding carboxylic acids is 1. The zero-order valence-electron chi connectivity index (χ0n) is 8.32. The maximum atomic E-state index is 10.7. The third-order valence-corrected chi connectivity index (χ3v) is 2.28. The summed E-state index contributed by atoms with van der Waals surface area (Å²) in [5, 5.41) is 2.38. The summed E-state index contributed by atoms with van der Waals surface area (Å²) < 4.78 is 0. The van der Waals surface area contributed by atoms with Crippen molar-refractivity contribution in [1.29, 1.82) is 0 Å². The highest BCUT2D eigenvalue weighted by Crippen LogP contribution is 2.20. The quantitative estimate of drug-likeness (QED) is 0.749. The number of rotatable bonds is 3. The number of amides is 1. The lowest BCUT2D eigenvalue weighted by atomic mass is 9.86. The van der Waals surface area contributed by atoms with E-state index in [0.717, 1.165) is 5.56 Å². The Morgan fingerprint density at radius 2 is 2.36 bits per heavy atom. The van der Waals surface area contributed by atoms with Crippen LogP contribution < -0.4 is 5.32 Å². The molecule has 4 heteroatoms. The van der Waals surface area contributed by atoms with E-state index in [2.05, 4.69) is 22.9 Å². The molecule has 0 saturated carbocycles. The molecule has 14 heavy (non-hydrogen) atoms. The minimum absolute atomic E-state index is 0.118. The van der Waals surface area contributed by atoms with Gasteiger partial charge in [0.2, 0.25) is 0 Å². The van der Waals surface area contributed by atoms with Crippen molar-refractivity contribution < 1.29 is 4.79 Å². The zero-order valence-corrected chi connectivity index (χ0v) is 9.21. The summed E-state index contributed by atoms with van der Waals surface area (Å²) in [6.07, 6.45) is 3.54. The second kappa shape index (κ2) is 4.46. The second-order valence-electron chi connectivity index (χ2n) is 3.78. The van der Waals surface area contributed by atoms with Crippen LogP contribution >= 0.6 is 12.6 Å².